The standard InChI is InChI=1S/C15H20IN5O2/c1-15(2,3)23-14(22)20-7-5-9(8-20)21-10-4-6-18-13(17)11(10)12(16)19-21/h4,6,9H,5,7-8H2,1-3H3,(H2,17,18)/t9-/m0/s1. The Morgan fingerprint density at radius 1 is 1.48 bits per heavy atom. The van der Waals surface area contributed by atoms with Crippen LogP contribution in [0.5, 0.6) is 0 Å². The summed E-state index contributed by atoms with van der Waals surface area (Å²) in [7, 11) is 0. The number of ether oxygens (including phenoxy) is 1. The van der Waals surface area contributed by atoms with Crippen LogP contribution in [0.1, 0.15) is 33.2 Å². The van der Waals surface area contributed by atoms with Crippen LogP contribution in [0.2, 0.25) is 0 Å². The van der Waals surface area contributed by atoms with Gasteiger partial charge in [0.25, 0.3) is 0 Å². The Morgan fingerprint density at radius 3 is 2.91 bits per heavy atom. The molecule has 0 radical (unpaired) electrons. The zero-order valence-corrected chi connectivity index (χ0v) is 15.6. The molecule has 2 aromatic rings. The van der Waals surface area contributed by atoms with Crippen molar-refractivity contribution in [3.8, 4) is 0 Å². The SMILES string of the molecule is CC(C)(C)OC(=O)N1CC[C@H](n2nc(I)c3c(N)nccc32)C1. The third-order valence-corrected chi connectivity index (χ3v) is 4.52. The van der Waals surface area contributed by atoms with Gasteiger partial charge in [0.1, 0.15) is 15.1 Å². The van der Waals surface area contributed by atoms with E-state index in [0.717, 1.165) is 21.0 Å². The molecule has 0 spiro atoms. The van der Waals surface area contributed by atoms with Gasteiger partial charge < -0.3 is 15.4 Å². The van der Waals surface area contributed by atoms with Crippen molar-refractivity contribution in [3.63, 3.8) is 0 Å². The number of anilines is 1. The second-order valence-corrected chi connectivity index (χ2v) is 7.72. The molecule has 7 nitrogen and oxygen atoms in total. The third-order valence-electron chi connectivity index (χ3n) is 3.77. The molecule has 0 bridgehead atoms. The Balaban J connectivity index is 1.83. The maximum Gasteiger partial charge on any atom is 0.410 e. The smallest absolute Gasteiger partial charge is 0.410 e. The first-order valence-electron chi connectivity index (χ1n) is 7.52. The Hall–Kier alpha value is -1.58. The molecule has 1 saturated heterocycles. The van der Waals surface area contributed by atoms with Crippen LogP contribution >= 0.6 is 22.6 Å². The van der Waals surface area contributed by atoms with Crippen LogP contribution in [0.25, 0.3) is 10.9 Å². The fourth-order valence-corrected chi connectivity index (χ4v) is 3.57. The van der Waals surface area contributed by atoms with Crippen molar-refractivity contribution in [3.05, 3.63) is 16.0 Å². The van der Waals surface area contributed by atoms with E-state index < -0.39 is 5.60 Å². The van der Waals surface area contributed by atoms with E-state index in [0.29, 0.717) is 18.9 Å². The second-order valence-electron chi connectivity index (χ2n) is 6.69. The second kappa shape index (κ2) is 5.81. The van der Waals surface area contributed by atoms with E-state index in [1.807, 2.05) is 31.5 Å². The Bertz CT molecular complexity index is 752. The van der Waals surface area contributed by atoms with Crippen LogP contribution in [0.3, 0.4) is 0 Å². The van der Waals surface area contributed by atoms with Gasteiger partial charge in [-0.3, -0.25) is 4.68 Å². The number of nitrogen functional groups attached to an aromatic ring is 1. The van der Waals surface area contributed by atoms with Gasteiger partial charge in [0.05, 0.1) is 16.9 Å². The molecule has 0 unspecified atom stereocenters. The van der Waals surface area contributed by atoms with Gasteiger partial charge >= 0.3 is 6.09 Å². The number of rotatable bonds is 1. The molecular weight excluding hydrogens is 409 g/mol. The highest BCUT2D eigenvalue weighted by molar-refractivity contribution is 14.1. The number of aromatic nitrogens is 3. The lowest BCUT2D eigenvalue weighted by atomic mass is 10.2. The number of fused-ring (bicyclic) bond motifs is 1. The summed E-state index contributed by atoms with van der Waals surface area (Å²) in [5, 5.41) is 5.48. The average molecular weight is 429 g/mol. The van der Waals surface area contributed by atoms with E-state index in [4.69, 9.17) is 10.5 Å². The Morgan fingerprint density at radius 2 is 2.22 bits per heavy atom. The first kappa shape index (κ1) is 16.3. The van der Waals surface area contributed by atoms with E-state index in [1.54, 1.807) is 11.1 Å². The molecule has 3 heterocycles. The average Bonchev–Trinajstić information content (AvgIpc) is 3.02. The molecule has 124 valence electrons. The molecule has 1 aliphatic rings. The lowest BCUT2D eigenvalue weighted by Gasteiger charge is -2.24. The zero-order valence-electron chi connectivity index (χ0n) is 13.4. The fourth-order valence-electron chi connectivity index (χ4n) is 2.78. The van der Waals surface area contributed by atoms with Gasteiger partial charge in [-0.25, -0.2) is 9.78 Å². The number of hydrogen-bond acceptors (Lipinski definition) is 5. The monoisotopic (exact) mass is 429 g/mol. The Kier molecular flexibility index (Phi) is 4.11. The van der Waals surface area contributed by atoms with Crippen molar-refractivity contribution in [2.75, 3.05) is 18.8 Å². The van der Waals surface area contributed by atoms with Crippen LogP contribution in [0.15, 0.2) is 12.3 Å². The topological polar surface area (TPSA) is 86.3 Å². The summed E-state index contributed by atoms with van der Waals surface area (Å²) >= 11 is 2.17. The number of halogens is 1. The molecule has 2 aromatic heterocycles. The lowest BCUT2D eigenvalue weighted by molar-refractivity contribution is 0.0288. The van der Waals surface area contributed by atoms with Gasteiger partial charge in [-0.2, -0.15) is 5.10 Å². The summed E-state index contributed by atoms with van der Waals surface area (Å²) in [4.78, 5) is 18.1. The molecular formula is C15H20IN5O2. The van der Waals surface area contributed by atoms with Gasteiger partial charge in [0.2, 0.25) is 0 Å². The molecule has 2 N–H and O–H groups in total. The minimum absolute atomic E-state index is 0.121. The number of amides is 1. The molecule has 0 aliphatic carbocycles. The number of likely N-dealkylation sites (tertiary alicyclic amines) is 1. The van der Waals surface area contributed by atoms with Crippen molar-refractivity contribution in [2.45, 2.75) is 38.8 Å². The van der Waals surface area contributed by atoms with Gasteiger partial charge in [0, 0.05) is 19.3 Å². The highest BCUT2D eigenvalue weighted by Crippen LogP contribution is 2.30. The molecule has 1 atom stereocenters. The van der Waals surface area contributed by atoms with Crippen LogP contribution < -0.4 is 5.73 Å². The van der Waals surface area contributed by atoms with E-state index in [-0.39, 0.29) is 12.1 Å². The summed E-state index contributed by atoms with van der Waals surface area (Å²) in [6, 6.07) is 2.03. The highest BCUT2D eigenvalue weighted by Gasteiger charge is 2.32. The maximum absolute atomic E-state index is 12.2. The predicted molar refractivity (Wildman–Crippen MR) is 96.1 cm³/mol. The van der Waals surface area contributed by atoms with E-state index in [1.165, 1.54) is 0 Å². The number of hydrogen-bond donors (Lipinski definition) is 1. The van der Waals surface area contributed by atoms with Gasteiger partial charge in [0.15, 0.2) is 0 Å². The van der Waals surface area contributed by atoms with Crippen molar-refractivity contribution >= 4 is 45.4 Å². The molecule has 1 amide bonds. The quantitative estimate of drug-likeness (QED) is 0.705. The van der Waals surface area contributed by atoms with Gasteiger partial charge in [-0.1, -0.05) is 0 Å². The first-order chi connectivity index (χ1) is 10.8. The minimum Gasteiger partial charge on any atom is -0.444 e. The van der Waals surface area contributed by atoms with Crippen LogP contribution in [-0.2, 0) is 4.74 Å². The predicted octanol–water partition coefficient (Wildman–Crippen LogP) is 2.80. The summed E-state index contributed by atoms with van der Waals surface area (Å²) in [6.45, 7) is 6.87. The summed E-state index contributed by atoms with van der Waals surface area (Å²) in [5.74, 6) is 0.486. The lowest BCUT2D eigenvalue weighted by Crippen LogP contribution is -2.35. The van der Waals surface area contributed by atoms with Crippen molar-refractivity contribution < 1.29 is 9.53 Å². The van der Waals surface area contributed by atoms with E-state index in [9.17, 15) is 4.79 Å². The third kappa shape index (κ3) is 3.22. The van der Waals surface area contributed by atoms with Crippen molar-refractivity contribution in [2.24, 2.45) is 0 Å². The normalized spacial score (nSPS) is 18.6. The van der Waals surface area contributed by atoms with E-state index >= 15 is 0 Å². The first-order valence-corrected chi connectivity index (χ1v) is 8.60. The zero-order chi connectivity index (χ0) is 16.8. The molecule has 23 heavy (non-hydrogen) atoms. The molecule has 1 fully saturated rings. The molecule has 0 aromatic carbocycles. The van der Waals surface area contributed by atoms with E-state index in [2.05, 4.69) is 32.7 Å². The van der Waals surface area contributed by atoms with Crippen molar-refractivity contribution in [1.29, 1.82) is 0 Å². The summed E-state index contributed by atoms with van der Waals surface area (Å²) in [5.41, 5.74) is 6.43. The molecule has 1 aliphatic heterocycles. The van der Waals surface area contributed by atoms with Crippen LogP contribution in [0.4, 0.5) is 10.6 Å². The minimum atomic E-state index is -0.483. The Labute approximate surface area is 148 Å². The number of pyridine rings is 1. The number of nitrogens with two attached hydrogens (primary N) is 1. The summed E-state index contributed by atoms with van der Waals surface area (Å²) in [6.07, 6.45) is 2.26. The maximum atomic E-state index is 12.2. The molecule has 0 saturated carbocycles. The molecule has 3 rings (SSSR count). The largest absolute Gasteiger partial charge is 0.444 e. The van der Waals surface area contributed by atoms with Crippen molar-refractivity contribution in [1.82, 2.24) is 19.7 Å². The van der Waals surface area contributed by atoms with Gasteiger partial charge in [-0.15, -0.1) is 0 Å². The fraction of sp³-hybridized carbons (Fsp3) is 0.533. The number of carbonyl (C=O) groups excluding carboxylic acids is 1. The highest BCUT2D eigenvalue weighted by atomic mass is 127. The van der Waals surface area contributed by atoms with Crippen LogP contribution in [-0.4, -0.2) is 44.4 Å². The van der Waals surface area contributed by atoms with Crippen LogP contribution in [0, 0.1) is 3.70 Å². The van der Waals surface area contributed by atoms with Gasteiger partial charge in [-0.05, 0) is 55.8 Å². The number of nitrogens with zero attached hydrogens (tertiary/aromatic N) is 4. The number of carbonyl (C=O) groups is 1. The molecule has 8 heteroatoms. The summed E-state index contributed by atoms with van der Waals surface area (Å²) < 4.78 is 8.23.